The number of aryl methyl sites for hydroxylation is 2. The number of H-pyrrole nitrogens is 1. The molecule has 1 aromatic carbocycles. The van der Waals surface area contributed by atoms with E-state index in [2.05, 4.69) is 4.98 Å². The van der Waals surface area contributed by atoms with Crippen molar-refractivity contribution in [3.8, 4) is 0 Å². The molecule has 0 fully saturated rings. The van der Waals surface area contributed by atoms with Gasteiger partial charge in [-0.1, -0.05) is 0 Å². The number of aliphatic hydroxyl groups excluding tert-OH is 1. The molecule has 0 aliphatic heterocycles. The molecule has 1 aromatic heterocycles. The molecule has 3 heteroatoms. The molecule has 0 aliphatic carbocycles. The quantitative estimate of drug-likeness (QED) is 0.716. The van der Waals surface area contributed by atoms with Gasteiger partial charge < -0.3 is 10.1 Å². The van der Waals surface area contributed by atoms with Crippen molar-refractivity contribution < 1.29 is 9.50 Å². The first kappa shape index (κ1) is 9.21. The fraction of sp³-hybridized carbons (Fsp3) is 0.273. The molecule has 0 aliphatic rings. The van der Waals surface area contributed by atoms with Gasteiger partial charge in [0.2, 0.25) is 0 Å². The average Bonchev–Trinajstić information content (AvgIpc) is 2.41. The van der Waals surface area contributed by atoms with Crippen LogP contribution < -0.4 is 0 Å². The van der Waals surface area contributed by atoms with Crippen molar-refractivity contribution in [1.29, 1.82) is 0 Å². The first-order valence-electron chi connectivity index (χ1n) is 4.51. The number of halogens is 1. The van der Waals surface area contributed by atoms with Crippen molar-refractivity contribution in [3.05, 3.63) is 34.8 Å². The molecule has 0 atom stereocenters. The summed E-state index contributed by atoms with van der Waals surface area (Å²) in [5.74, 6) is -0.260. The molecule has 0 unspecified atom stereocenters. The number of aromatic amines is 1. The van der Waals surface area contributed by atoms with E-state index in [-0.39, 0.29) is 12.4 Å². The Morgan fingerprint density at radius 1 is 1.36 bits per heavy atom. The van der Waals surface area contributed by atoms with Crippen molar-refractivity contribution in [2.75, 3.05) is 0 Å². The summed E-state index contributed by atoms with van der Waals surface area (Å²) in [5.41, 5.74) is 3.45. The topological polar surface area (TPSA) is 36.0 Å². The minimum atomic E-state index is -0.260. The molecule has 0 amide bonds. The van der Waals surface area contributed by atoms with E-state index in [0.29, 0.717) is 0 Å². The molecular formula is C11H12FNO. The Labute approximate surface area is 81.4 Å². The van der Waals surface area contributed by atoms with Crippen LogP contribution in [0.1, 0.15) is 16.8 Å². The van der Waals surface area contributed by atoms with Gasteiger partial charge in [0, 0.05) is 22.2 Å². The van der Waals surface area contributed by atoms with Gasteiger partial charge in [-0.05, 0) is 31.5 Å². The molecule has 2 rings (SSSR count). The van der Waals surface area contributed by atoms with Gasteiger partial charge >= 0.3 is 0 Å². The van der Waals surface area contributed by atoms with Crippen LogP contribution in [-0.2, 0) is 6.61 Å². The van der Waals surface area contributed by atoms with Gasteiger partial charge in [-0.3, -0.25) is 0 Å². The second kappa shape index (κ2) is 3.10. The molecule has 0 radical (unpaired) electrons. The van der Waals surface area contributed by atoms with Crippen LogP contribution >= 0.6 is 0 Å². The third-order valence-electron chi connectivity index (χ3n) is 2.55. The molecule has 1 heterocycles. The molecule has 0 saturated heterocycles. The molecule has 2 aromatic rings. The minimum absolute atomic E-state index is 0.0608. The molecule has 2 N–H and O–H groups in total. The number of hydrogen-bond donors (Lipinski definition) is 2. The highest BCUT2D eigenvalue weighted by atomic mass is 19.1. The van der Waals surface area contributed by atoms with Crippen LogP contribution in [-0.4, -0.2) is 10.1 Å². The lowest BCUT2D eigenvalue weighted by Crippen LogP contribution is -1.84. The zero-order chi connectivity index (χ0) is 10.3. The molecule has 14 heavy (non-hydrogen) atoms. The first-order valence-corrected chi connectivity index (χ1v) is 4.51. The van der Waals surface area contributed by atoms with E-state index in [4.69, 9.17) is 5.11 Å². The van der Waals surface area contributed by atoms with Crippen LogP contribution in [0.5, 0.6) is 0 Å². The maximum absolute atomic E-state index is 13.1. The fourth-order valence-corrected chi connectivity index (χ4v) is 1.82. The lowest BCUT2D eigenvalue weighted by molar-refractivity contribution is 0.282. The summed E-state index contributed by atoms with van der Waals surface area (Å²) in [7, 11) is 0. The average molecular weight is 193 g/mol. The zero-order valence-corrected chi connectivity index (χ0v) is 8.19. The number of hydrogen-bond acceptors (Lipinski definition) is 1. The van der Waals surface area contributed by atoms with Gasteiger partial charge in [0.15, 0.2) is 0 Å². The van der Waals surface area contributed by atoms with Gasteiger partial charge in [0.1, 0.15) is 5.82 Å². The molecular weight excluding hydrogens is 181 g/mol. The molecule has 0 saturated carbocycles. The van der Waals surface area contributed by atoms with E-state index in [0.717, 1.165) is 27.7 Å². The van der Waals surface area contributed by atoms with E-state index in [1.165, 1.54) is 12.1 Å². The van der Waals surface area contributed by atoms with Gasteiger partial charge in [-0.15, -0.1) is 0 Å². The largest absolute Gasteiger partial charge is 0.392 e. The highest BCUT2D eigenvalue weighted by Crippen LogP contribution is 2.25. The lowest BCUT2D eigenvalue weighted by atomic mass is 10.1. The summed E-state index contributed by atoms with van der Waals surface area (Å²) in [6.07, 6.45) is 0. The van der Waals surface area contributed by atoms with Crippen molar-refractivity contribution in [1.82, 2.24) is 4.98 Å². The van der Waals surface area contributed by atoms with Crippen molar-refractivity contribution in [2.24, 2.45) is 0 Å². The summed E-state index contributed by atoms with van der Waals surface area (Å²) >= 11 is 0. The monoisotopic (exact) mass is 193 g/mol. The van der Waals surface area contributed by atoms with Crippen molar-refractivity contribution >= 4 is 10.9 Å². The normalized spacial score (nSPS) is 11.1. The third-order valence-corrected chi connectivity index (χ3v) is 2.55. The first-order chi connectivity index (χ1) is 6.63. The van der Waals surface area contributed by atoms with Crippen molar-refractivity contribution in [2.45, 2.75) is 20.5 Å². The number of fused-ring (bicyclic) bond motifs is 1. The maximum atomic E-state index is 13.1. The van der Waals surface area contributed by atoms with Gasteiger partial charge in [-0.25, -0.2) is 4.39 Å². The molecule has 74 valence electrons. The number of aliphatic hydroxyl groups is 1. The van der Waals surface area contributed by atoms with Crippen LogP contribution in [0, 0.1) is 19.7 Å². The SMILES string of the molecule is Cc1[nH]c2c(C)cc(F)cc2c1CO. The van der Waals surface area contributed by atoms with Crippen LogP contribution in [0.25, 0.3) is 10.9 Å². The molecule has 0 bridgehead atoms. The number of benzene rings is 1. The minimum Gasteiger partial charge on any atom is -0.392 e. The summed E-state index contributed by atoms with van der Waals surface area (Å²) in [4.78, 5) is 3.15. The summed E-state index contributed by atoms with van der Waals surface area (Å²) in [6, 6.07) is 2.94. The van der Waals surface area contributed by atoms with Crippen LogP contribution in [0.3, 0.4) is 0 Å². The van der Waals surface area contributed by atoms with Gasteiger partial charge in [-0.2, -0.15) is 0 Å². The Balaban J connectivity index is 2.87. The summed E-state index contributed by atoms with van der Waals surface area (Å²) in [5, 5.41) is 9.92. The summed E-state index contributed by atoms with van der Waals surface area (Å²) in [6.45, 7) is 3.67. The predicted molar refractivity (Wildman–Crippen MR) is 53.7 cm³/mol. The van der Waals surface area contributed by atoms with E-state index in [1.54, 1.807) is 0 Å². The maximum Gasteiger partial charge on any atom is 0.124 e. The smallest absolute Gasteiger partial charge is 0.124 e. The van der Waals surface area contributed by atoms with Crippen LogP contribution in [0.2, 0.25) is 0 Å². The fourth-order valence-electron chi connectivity index (χ4n) is 1.82. The second-order valence-corrected chi connectivity index (χ2v) is 3.53. The van der Waals surface area contributed by atoms with Gasteiger partial charge in [0.25, 0.3) is 0 Å². The van der Waals surface area contributed by atoms with Crippen LogP contribution in [0.15, 0.2) is 12.1 Å². The zero-order valence-electron chi connectivity index (χ0n) is 8.19. The highest BCUT2D eigenvalue weighted by Gasteiger charge is 2.10. The third kappa shape index (κ3) is 1.21. The molecule has 2 nitrogen and oxygen atoms in total. The van der Waals surface area contributed by atoms with E-state index in [1.807, 2.05) is 13.8 Å². The number of nitrogens with one attached hydrogen (secondary N) is 1. The Morgan fingerprint density at radius 3 is 2.71 bits per heavy atom. The predicted octanol–water partition coefficient (Wildman–Crippen LogP) is 2.42. The van der Waals surface area contributed by atoms with E-state index < -0.39 is 0 Å². The Kier molecular flexibility index (Phi) is 2.04. The highest BCUT2D eigenvalue weighted by molar-refractivity contribution is 5.87. The second-order valence-electron chi connectivity index (χ2n) is 3.53. The number of aromatic nitrogens is 1. The lowest BCUT2D eigenvalue weighted by Gasteiger charge is -1.98. The molecule has 0 spiro atoms. The Morgan fingerprint density at radius 2 is 2.07 bits per heavy atom. The van der Waals surface area contributed by atoms with E-state index in [9.17, 15) is 4.39 Å². The van der Waals surface area contributed by atoms with Gasteiger partial charge in [0.05, 0.1) is 6.61 Å². The number of rotatable bonds is 1. The summed E-state index contributed by atoms with van der Waals surface area (Å²) < 4.78 is 13.1. The van der Waals surface area contributed by atoms with E-state index >= 15 is 0 Å². The van der Waals surface area contributed by atoms with Crippen LogP contribution in [0.4, 0.5) is 4.39 Å². The Hall–Kier alpha value is -1.35. The Bertz CT molecular complexity index is 487. The standard InChI is InChI=1S/C11H12FNO/c1-6-3-8(12)4-9-10(5-14)7(2)13-11(6)9/h3-4,13-14H,5H2,1-2H3. The van der Waals surface area contributed by atoms with Crippen molar-refractivity contribution in [3.63, 3.8) is 0 Å².